The molecular weight excluding hydrogens is 278 g/mol. The molecule has 0 bridgehead atoms. The first-order chi connectivity index (χ1) is 10.4. The second-order valence-corrected chi connectivity index (χ2v) is 5.57. The van der Waals surface area contributed by atoms with Crippen LogP contribution in [0.25, 0.3) is 16.9 Å². The van der Waals surface area contributed by atoms with E-state index >= 15 is 0 Å². The highest BCUT2D eigenvalue weighted by atomic mass is 16.4. The van der Waals surface area contributed by atoms with Crippen LogP contribution in [0.3, 0.4) is 0 Å². The molecule has 112 valence electrons. The van der Waals surface area contributed by atoms with Gasteiger partial charge >= 0.3 is 5.97 Å². The lowest BCUT2D eigenvalue weighted by Crippen LogP contribution is -2.01. The van der Waals surface area contributed by atoms with Gasteiger partial charge in [0.1, 0.15) is 17.2 Å². The number of anilines is 1. The molecule has 2 aromatic heterocycles. The molecule has 0 aliphatic heterocycles. The summed E-state index contributed by atoms with van der Waals surface area (Å²) in [5.74, 6) is -0.535. The first kappa shape index (κ1) is 14.1. The van der Waals surface area contributed by atoms with Gasteiger partial charge in [-0.15, -0.1) is 0 Å². The molecule has 0 atom stereocenters. The largest absolute Gasteiger partial charge is 0.478 e. The molecule has 0 spiro atoms. The Balaban J connectivity index is 2.29. The number of nitrogens with two attached hydrogens (primary N) is 1. The third kappa shape index (κ3) is 2.11. The van der Waals surface area contributed by atoms with Gasteiger partial charge in [-0.2, -0.15) is 0 Å². The Bertz CT molecular complexity index is 887. The molecule has 3 aromatic rings. The van der Waals surface area contributed by atoms with Crippen LogP contribution in [0.2, 0.25) is 0 Å². The number of aromatic nitrogens is 2. The van der Waals surface area contributed by atoms with E-state index in [4.69, 9.17) is 10.8 Å². The number of hydrogen-bond acceptors (Lipinski definition) is 3. The van der Waals surface area contributed by atoms with E-state index in [-0.39, 0.29) is 5.56 Å². The summed E-state index contributed by atoms with van der Waals surface area (Å²) in [5.41, 5.74) is 12.1. The number of carboxylic acids is 1. The normalized spacial score (nSPS) is 11.0. The van der Waals surface area contributed by atoms with Gasteiger partial charge in [-0.1, -0.05) is 17.7 Å². The van der Waals surface area contributed by atoms with Gasteiger partial charge in [0, 0.05) is 11.8 Å². The molecule has 0 amide bonds. The Labute approximate surface area is 128 Å². The Morgan fingerprint density at radius 3 is 2.41 bits per heavy atom. The first-order valence-corrected chi connectivity index (χ1v) is 6.97. The highest BCUT2D eigenvalue weighted by Gasteiger charge is 2.16. The van der Waals surface area contributed by atoms with Gasteiger partial charge < -0.3 is 10.8 Å². The Morgan fingerprint density at radius 1 is 1.18 bits per heavy atom. The van der Waals surface area contributed by atoms with Crippen molar-refractivity contribution in [1.82, 2.24) is 9.38 Å². The van der Waals surface area contributed by atoms with E-state index in [1.165, 1.54) is 17.8 Å². The van der Waals surface area contributed by atoms with Crippen molar-refractivity contribution in [3.05, 3.63) is 52.7 Å². The smallest absolute Gasteiger partial charge is 0.337 e. The van der Waals surface area contributed by atoms with Gasteiger partial charge in [-0.3, -0.25) is 4.40 Å². The number of imidazole rings is 1. The topological polar surface area (TPSA) is 80.6 Å². The molecule has 0 fully saturated rings. The predicted octanol–water partition coefficient (Wildman–Crippen LogP) is 3.21. The highest BCUT2D eigenvalue weighted by Crippen LogP contribution is 2.32. The number of carbonyl (C=O) groups is 1. The molecular formula is C17H17N3O2. The molecule has 3 rings (SSSR count). The van der Waals surface area contributed by atoms with Gasteiger partial charge in [0.2, 0.25) is 0 Å². The summed E-state index contributed by atoms with van der Waals surface area (Å²) < 4.78 is 1.62. The third-order valence-electron chi connectivity index (χ3n) is 3.82. The molecule has 0 saturated heterocycles. The number of rotatable bonds is 2. The lowest BCUT2D eigenvalue weighted by molar-refractivity contribution is 0.0696. The summed E-state index contributed by atoms with van der Waals surface area (Å²) in [6.07, 6.45) is 1.50. The lowest BCUT2D eigenvalue weighted by atomic mass is 9.97. The molecule has 0 radical (unpaired) electrons. The molecule has 22 heavy (non-hydrogen) atoms. The van der Waals surface area contributed by atoms with Crippen molar-refractivity contribution in [2.24, 2.45) is 0 Å². The van der Waals surface area contributed by atoms with E-state index in [9.17, 15) is 4.79 Å². The maximum Gasteiger partial charge on any atom is 0.337 e. The van der Waals surface area contributed by atoms with Gasteiger partial charge in [-0.05, 0) is 44.0 Å². The summed E-state index contributed by atoms with van der Waals surface area (Å²) in [6.45, 7) is 6.11. The van der Waals surface area contributed by atoms with Crippen LogP contribution in [0, 0.1) is 20.8 Å². The molecule has 1 aromatic carbocycles. The summed E-state index contributed by atoms with van der Waals surface area (Å²) in [4.78, 5) is 15.7. The number of aryl methyl sites for hydroxylation is 3. The fourth-order valence-electron chi connectivity index (χ4n) is 2.93. The van der Waals surface area contributed by atoms with Gasteiger partial charge in [0.05, 0.1) is 5.56 Å². The second kappa shape index (κ2) is 4.87. The van der Waals surface area contributed by atoms with E-state index in [2.05, 4.69) is 24.0 Å². The summed E-state index contributed by atoms with van der Waals surface area (Å²) in [5, 5.41) is 9.10. The molecule has 5 heteroatoms. The van der Waals surface area contributed by atoms with Crippen LogP contribution in [0.15, 0.2) is 30.5 Å². The zero-order chi connectivity index (χ0) is 16.0. The van der Waals surface area contributed by atoms with Crippen molar-refractivity contribution < 1.29 is 9.90 Å². The number of nitrogens with zero attached hydrogens (tertiary/aromatic N) is 2. The average Bonchev–Trinajstić information content (AvgIpc) is 2.74. The third-order valence-corrected chi connectivity index (χ3v) is 3.82. The van der Waals surface area contributed by atoms with E-state index in [1.54, 1.807) is 10.5 Å². The average molecular weight is 295 g/mol. The number of pyridine rings is 1. The molecule has 0 unspecified atom stereocenters. The van der Waals surface area contributed by atoms with E-state index in [0.29, 0.717) is 17.2 Å². The van der Waals surface area contributed by atoms with Crippen LogP contribution in [0.1, 0.15) is 27.0 Å². The lowest BCUT2D eigenvalue weighted by Gasteiger charge is -2.09. The number of carboxylic acid groups (broad SMARTS) is 1. The van der Waals surface area contributed by atoms with Crippen LogP contribution >= 0.6 is 0 Å². The van der Waals surface area contributed by atoms with Gasteiger partial charge in [0.15, 0.2) is 0 Å². The quantitative estimate of drug-likeness (QED) is 0.760. The molecule has 5 nitrogen and oxygen atoms in total. The van der Waals surface area contributed by atoms with E-state index in [1.807, 2.05) is 13.8 Å². The fourth-order valence-corrected chi connectivity index (χ4v) is 2.93. The monoisotopic (exact) mass is 295 g/mol. The Hall–Kier alpha value is -2.82. The number of nitrogen functional groups attached to an aromatic ring is 1. The summed E-state index contributed by atoms with van der Waals surface area (Å²) in [6, 6.07) is 7.38. The van der Waals surface area contributed by atoms with Gasteiger partial charge in [0.25, 0.3) is 0 Å². The maximum absolute atomic E-state index is 11.1. The predicted molar refractivity (Wildman–Crippen MR) is 86.2 cm³/mol. The number of aromatic carboxylic acids is 1. The minimum Gasteiger partial charge on any atom is -0.478 e. The Morgan fingerprint density at radius 2 is 1.82 bits per heavy atom. The molecule has 3 N–H and O–H groups in total. The van der Waals surface area contributed by atoms with Crippen molar-refractivity contribution in [2.75, 3.05) is 5.73 Å². The number of hydrogen-bond donors (Lipinski definition) is 2. The standard InChI is InChI=1S/C17H17N3O2/c1-9-6-10(2)14(11(3)7-9)15-16(18)20-8-12(17(21)22)4-5-13(20)19-15/h4-8H,18H2,1-3H3,(H,21,22). The van der Waals surface area contributed by atoms with Crippen molar-refractivity contribution in [3.63, 3.8) is 0 Å². The maximum atomic E-state index is 11.1. The highest BCUT2D eigenvalue weighted by molar-refractivity contribution is 5.88. The molecule has 0 saturated carbocycles. The molecule has 0 aliphatic carbocycles. The van der Waals surface area contributed by atoms with Crippen LogP contribution in [0.5, 0.6) is 0 Å². The van der Waals surface area contributed by atoms with Crippen LogP contribution in [-0.4, -0.2) is 20.5 Å². The van der Waals surface area contributed by atoms with E-state index in [0.717, 1.165) is 16.7 Å². The minimum atomic E-state index is -0.987. The minimum absolute atomic E-state index is 0.181. The SMILES string of the molecule is Cc1cc(C)c(-c2nc3ccc(C(=O)O)cn3c2N)c(C)c1. The van der Waals surface area contributed by atoms with Crippen LogP contribution in [0.4, 0.5) is 5.82 Å². The second-order valence-electron chi connectivity index (χ2n) is 5.57. The number of benzene rings is 1. The summed E-state index contributed by atoms with van der Waals surface area (Å²) in [7, 11) is 0. The van der Waals surface area contributed by atoms with E-state index < -0.39 is 5.97 Å². The van der Waals surface area contributed by atoms with Crippen molar-refractivity contribution in [3.8, 4) is 11.3 Å². The number of fused-ring (bicyclic) bond motifs is 1. The first-order valence-electron chi connectivity index (χ1n) is 6.97. The molecule has 2 heterocycles. The fraction of sp³-hybridized carbons (Fsp3) is 0.176. The van der Waals surface area contributed by atoms with Crippen molar-refractivity contribution in [2.45, 2.75) is 20.8 Å². The zero-order valence-electron chi connectivity index (χ0n) is 12.7. The zero-order valence-corrected chi connectivity index (χ0v) is 12.7. The van der Waals surface area contributed by atoms with Crippen LogP contribution in [-0.2, 0) is 0 Å². The van der Waals surface area contributed by atoms with Crippen LogP contribution < -0.4 is 5.73 Å². The summed E-state index contributed by atoms with van der Waals surface area (Å²) >= 11 is 0. The molecule has 0 aliphatic rings. The van der Waals surface area contributed by atoms with Crippen molar-refractivity contribution in [1.29, 1.82) is 0 Å². The van der Waals surface area contributed by atoms with Gasteiger partial charge in [-0.25, -0.2) is 9.78 Å². The van der Waals surface area contributed by atoms with Crippen molar-refractivity contribution >= 4 is 17.4 Å². The Kier molecular flexibility index (Phi) is 3.13.